The van der Waals surface area contributed by atoms with E-state index in [1.54, 1.807) is 12.4 Å². The molecule has 1 aromatic heterocycles. The number of nitrogens with zero attached hydrogens (tertiary/aromatic N) is 3. The van der Waals surface area contributed by atoms with E-state index in [1.165, 1.54) is 45.2 Å². The van der Waals surface area contributed by atoms with Gasteiger partial charge in [-0.05, 0) is 49.7 Å². The summed E-state index contributed by atoms with van der Waals surface area (Å²) in [4.78, 5) is 21.5. The summed E-state index contributed by atoms with van der Waals surface area (Å²) in [7, 11) is 0. The summed E-state index contributed by atoms with van der Waals surface area (Å²) >= 11 is 0. The lowest BCUT2D eigenvalue weighted by Crippen LogP contribution is -2.47. The molecular weight excluding hydrogens is 312 g/mol. The van der Waals surface area contributed by atoms with Gasteiger partial charge in [0.15, 0.2) is 0 Å². The number of carbonyl (C=O) groups is 1. The molecule has 1 saturated carbocycles. The Morgan fingerprint density at radius 1 is 1.20 bits per heavy atom. The van der Waals surface area contributed by atoms with Gasteiger partial charge in [0, 0.05) is 51.4 Å². The van der Waals surface area contributed by atoms with E-state index in [-0.39, 0.29) is 5.91 Å². The molecule has 1 N–H and O–H groups in total. The Morgan fingerprint density at radius 2 is 2.12 bits per heavy atom. The van der Waals surface area contributed by atoms with Crippen LogP contribution in [0.3, 0.4) is 0 Å². The van der Waals surface area contributed by atoms with E-state index in [1.807, 2.05) is 12.1 Å². The van der Waals surface area contributed by atoms with Gasteiger partial charge in [-0.2, -0.15) is 0 Å². The van der Waals surface area contributed by atoms with Gasteiger partial charge >= 0.3 is 0 Å². The van der Waals surface area contributed by atoms with Crippen molar-refractivity contribution in [2.24, 2.45) is 11.8 Å². The number of amides is 1. The van der Waals surface area contributed by atoms with Gasteiger partial charge in [-0.25, -0.2) is 0 Å². The van der Waals surface area contributed by atoms with Crippen molar-refractivity contribution in [1.29, 1.82) is 0 Å². The Balaban J connectivity index is 1.26. The number of piperidine rings is 1. The smallest absolute Gasteiger partial charge is 0.225 e. The highest BCUT2D eigenvalue weighted by Crippen LogP contribution is 2.33. The molecule has 25 heavy (non-hydrogen) atoms. The van der Waals surface area contributed by atoms with Gasteiger partial charge < -0.3 is 10.2 Å². The van der Waals surface area contributed by atoms with Crippen LogP contribution in [0.5, 0.6) is 0 Å². The van der Waals surface area contributed by atoms with Crippen molar-refractivity contribution >= 4 is 11.6 Å². The first-order valence-electron chi connectivity index (χ1n) is 9.92. The number of hydrogen-bond donors (Lipinski definition) is 1. The topological polar surface area (TPSA) is 48.5 Å². The van der Waals surface area contributed by atoms with Crippen LogP contribution in [0.15, 0.2) is 24.5 Å². The Hall–Kier alpha value is -1.46. The lowest BCUT2D eigenvalue weighted by Gasteiger charge is -2.40. The van der Waals surface area contributed by atoms with E-state index < -0.39 is 0 Å². The number of fused-ring (bicyclic) bond motifs is 4. The largest absolute Gasteiger partial charge is 0.325 e. The average Bonchev–Trinajstić information content (AvgIpc) is 2.88. The third kappa shape index (κ3) is 4.39. The minimum absolute atomic E-state index is 0.0934. The van der Waals surface area contributed by atoms with Crippen molar-refractivity contribution in [1.82, 2.24) is 14.8 Å². The van der Waals surface area contributed by atoms with E-state index in [4.69, 9.17) is 0 Å². The molecule has 1 aliphatic carbocycles. The Bertz CT molecular complexity index is 574. The SMILES string of the molecule is O=C(CCN1C[C@@H]2CC[C@H](C1)N(CC1CCC1)C2)Nc1cccnc1. The van der Waals surface area contributed by atoms with Crippen molar-refractivity contribution in [3.05, 3.63) is 24.5 Å². The molecule has 4 aliphatic rings. The van der Waals surface area contributed by atoms with Gasteiger partial charge in [0.1, 0.15) is 0 Å². The maximum absolute atomic E-state index is 12.2. The van der Waals surface area contributed by atoms with E-state index in [0.29, 0.717) is 12.5 Å². The standard InChI is InChI=1S/C20H30N4O/c25-20(22-18-5-2-9-21-11-18)8-10-23-12-17-6-7-19(15-23)24(14-17)13-16-3-1-4-16/h2,5,9,11,16-17,19H,1,3-4,6-8,10,12-15H2,(H,22,25)/t17-,19+/m0/s1. The second-order valence-corrected chi connectivity index (χ2v) is 8.15. The second-order valence-electron chi connectivity index (χ2n) is 8.15. The fraction of sp³-hybridized carbons (Fsp3) is 0.700. The molecule has 5 rings (SSSR count). The normalized spacial score (nSPS) is 27.7. The fourth-order valence-electron chi connectivity index (χ4n) is 4.61. The van der Waals surface area contributed by atoms with E-state index in [0.717, 1.165) is 37.2 Å². The molecule has 5 nitrogen and oxygen atoms in total. The summed E-state index contributed by atoms with van der Waals surface area (Å²) < 4.78 is 0. The molecule has 0 radical (unpaired) electrons. The second kappa shape index (κ2) is 7.83. The van der Waals surface area contributed by atoms with Crippen molar-refractivity contribution in [2.75, 3.05) is 38.0 Å². The molecule has 0 spiro atoms. The molecule has 1 amide bonds. The maximum Gasteiger partial charge on any atom is 0.225 e. The lowest BCUT2D eigenvalue weighted by atomic mass is 9.83. The predicted octanol–water partition coefficient (Wildman–Crippen LogP) is 2.61. The summed E-state index contributed by atoms with van der Waals surface area (Å²) in [5.41, 5.74) is 0.787. The summed E-state index contributed by atoms with van der Waals surface area (Å²) in [5, 5.41) is 2.95. The quantitative estimate of drug-likeness (QED) is 0.863. The molecule has 136 valence electrons. The first-order valence-corrected chi connectivity index (χ1v) is 9.92. The highest BCUT2D eigenvalue weighted by atomic mass is 16.1. The first kappa shape index (κ1) is 17.0. The van der Waals surface area contributed by atoms with Crippen LogP contribution in [0.4, 0.5) is 5.69 Å². The number of hydrogen-bond acceptors (Lipinski definition) is 4. The van der Waals surface area contributed by atoms with Crippen LogP contribution >= 0.6 is 0 Å². The first-order chi connectivity index (χ1) is 12.3. The third-order valence-corrected chi connectivity index (χ3v) is 6.22. The molecule has 0 unspecified atom stereocenters. The Morgan fingerprint density at radius 3 is 2.88 bits per heavy atom. The minimum Gasteiger partial charge on any atom is -0.325 e. The van der Waals surface area contributed by atoms with Crippen LogP contribution in [-0.2, 0) is 4.79 Å². The highest BCUT2D eigenvalue weighted by molar-refractivity contribution is 5.90. The van der Waals surface area contributed by atoms with Crippen LogP contribution in [0.1, 0.15) is 38.5 Å². The van der Waals surface area contributed by atoms with Crippen molar-refractivity contribution in [3.63, 3.8) is 0 Å². The molecule has 5 heteroatoms. The monoisotopic (exact) mass is 342 g/mol. The number of carbonyl (C=O) groups excluding carboxylic acids is 1. The zero-order valence-electron chi connectivity index (χ0n) is 15.1. The van der Waals surface area contributed by atoms with Crippen LogP contribution in [0.25, 0.3) is 0 Å². The van der Waals surface area contributed by atoms with Gasteiger partial charge in [-0.3, -0.25) is 14.7 Å². The third-order valence-electron chi connectivity index (χ3n) is 6.22. The zero-order chi connectivity index (χ0) is 17.1. The van der Waals surface area contributed by atoms with Gasteiger partial charge in [0.05, 0.1) is 11.9 Å². The predicted molar refractivity (Wildman–Crippen MR) is 99.3 cm³/mol. The summed E-state index contributed by atoms with van der Waals surface area (Å²) in [6, 6.07) is 4.44. The molecule has 1 aromatic rings. The fourth-order valence-corrected chi connectivity index (χ4v) is 4.61. The van der Waals surface area contributed by atoms with Gasteiger partial charge in [-0.1, -0.05) is 6.42 Å². The molecule has 2 atom stereocenters. The van der Waals surface area contributed by atoms with Gasteiger partial charge in [0.25, 0.3) is 0 Å². The number of pyridine rings is 1. The molecule has 3 aliphatic heterocycles. The van der Waals surface area contributed by atoms with Gasteiger partial charge in [-0.15, -0.1) is 0 Å². The van der Waals surface area contributed by atoms with Crippen LogP contribution < -0.4 is 5.32 Å². The summed E-state index contributed by atoms with van der Waals surface area (Å²) in [6.07, 6.45) is 11.0. The molecule has 4 heterocycles. The Labute approximate surface area is 150 Å². The van der Waals surface area contributed by atoms with Crippen molar-refractivity contribution in [2.45, 2.75) is 44.6 Å². The molecule has 4 fully saturated rings. The van der Waals surface area contributed by atoms with E-state index in [2.05, 4.69) is 20.1 Å². The maximum atomic E-state index is 12.2. The molecule has 0 aromatic carbocycles. The van der Waals surface area contributed by atoms with Crippen molar-refractivity contribution < 1.29 is 4.79 Å². The zero-order valence-corrected chi connectivity index (χ0v) is 15.1. The molecule has 3 saturated heterocycles. The Kier molecular flexibility index (Phi) is 5.32. The van der Waals surface area contributed by atoms with Crippen LogP contribution in [0, 0.1) is 11.8 Å². The molecular formula is C20H30N4O. The summed E-state index contributed by atoms with van der Waals surface area (Å²) in [5.74, 6) is 1.84. The van der Waals surface area contributed by atoms with E-state index >= 15 is 0 Å². The lowest BCUT2D eigenvalue weighted by molar-refractivity contribution is -0.116. The van der Waals surface area contributed by atoms with Crippen LogP contribution in [0.2, 0.25) is 0 Å². The summed E-state index contributed by atoms with van der Waals surface area (Å²) in [6.45, 7) is 5.77. The minimum atomic E-state index is 0.0934. The number of rotatable bonds is 6. The van der Waals surface area contributed by atoms with Gasteiger partial charge in [0.2, 0.25) is 5.91 Å². The van der Waals surface area contributed by atoms with Crippen LogP contribution in [-0.4, -0.2) is 59.5 Å². The number of aromatic nitrogens is 1. The van der Waals surface area contributed by atoms with Crippen molar-refractivity contribution in [3.8, 4) is 0 Å². The molecule has 2 bridgehead atoms. The van der Waals surface area contributed by atoms with E-state index in [9.17, 15) is 4.79 Å². The highest BCUT2D eigenvalue weighted by Gasteiger charge is 2.36. The average molecular weight is 342 g/mol. The number of nitrogens with one attached hydrogen (secondary N) is 1. The number of anilines is 1.